The van der Waals surface area contributed by atoms with E-state index in [0.717, 1.165) is 5.56 Å². The minimum atomic E-state index is -1.00. The van der Waals surface area contributed by atoms with E-state index in [0.29, 0.717) is 17.2 Å². The molecular formula is C19H19N7O3. The lowest BCUT2D eigenvalue weighted by atomic mass is 10.2. The van der Waals surface area contributed by atoms with Gasteiger partial charge in [-0.2, -0.15) is 0 Å². The molecule has 0 saturated carbocycles. The number of primary amides is 2. The summed E-state index contributed by atoms with van der Waals surface area (Å²) >= 11 is 0. The van der Waals surface area contributed by atoms with Gasteiger partial charge in [0.05, 0.1) is 29.9 Å². The summed E-state index contributed by atoms with van der Waals surface area (Å²) in [7, 11) is 0. The van der Waals surface area contributed by atoms with Gasteiger partial charge < -0.3 is 27.2 Å². The van der Waals surface area contributed by atoms with E-state index in [1.807, 2.05) is 18.2 Å². The summed E-state index contributed by atoms with van der Waals surface area (Å²) in [6, 6.07) is 9.54. The highest BCUT2D eigenvalue weighted by atomic mass is 16.3. The van der Waals surface area contributed by atoms with E-state index < -0.39 is 24.5 Å². The van der Waals surface area contributed by atoms with E-state index in [-0.39, 0.29) is 11.4 Å². The molecule has 148 valence electrons. The second kappa shape index (κ2) is 8.76. The lowest BCUT2D eigenvalue weighted by molar-refractivity contribution is -0.119. The first kappa shape index (κ1) is 19.7. The fourth-order valence-corrected chi connectivity index (χ4v) is 2.57. The Morgan fingerprint density at radius 2 is 1.90 bits per heavy atom. The van der Waals surface area contributed by atoms with Gasteiger partial charge in [-0.15, -0.1) is 0 Å². The van der Waals surface area contributed by atoms with E-state index in [4.69, 9.17) is 11.5 Å². The molecule has 1 atom stereocenters. The third kappa shape index (κ3) is 4.82. The van der Waals surface area contributed by atoms with Gasteiger partial charge in [-0.05, 0) is 30.3 Å². The molecule has 0 fully saturated rings. The molecule has 0 radical (unpaired) electrons. The highest BCUT2D eigenvalue weighted by molar-refractivity contribution is 5.97. The van der Waals surface area contributed by atoms with Crippen molar-refractivity contribution >= 4 is 29.0 Å². The maximum absolute atomic E-state index is 11.8. The van der Waals surface area contributed by atoms with Crippen LogP contribution >= 0.6 is 0 Å². The van der Waals surface area contributed by atoms with Crippen molar-refractivity contribution in [1.29, 1.82) is 0 Å². The number of hydrogen-bond donors (Lipinski definition) is 5. The van der Waals surface area contributed by atoms with Gasteiger partial charge in [-0.25, -0.2) is 9.97 Å². The summed E-state index contributed by atoms with van der Waals surface area (Å²) in [5, 5.41) is 15.0. The summed E-state index contributed by atoms with van der Waals surface area (Å²) < 4.78 is 0. The second-order valence-electron chi connectivity index (χ2n) is 6.04. The van der Waals surface area contributed by atoms with E-state index >= 15 is 0 Å². The van der Waals surface area contributed by atoms with Gasteiger partial charge in [0.15, 0.2) is 5.69 Å². The van der Waals surface area contributed by atoms with Gasteiger partial charge in [0, 0.05) is 18.0 Å². The molecule has 7 N–H and O–H groups in total. The van der Waals surface area contributed by atoms with Crippen LogP contribution in [-0.2, 0) is 4.79 Å². The SMILES string of the molecule is NC(=O)c1ncc(N[C@H](CO)C(N)=O)cc1Nc1cccc(-c2ccncc2)n1. The number of carbonyl (C=O) groups excluding carboxylic acids is 2. The molecular weight excluding hydrogens is 374 g/mol. The monoisotopic (exact) mass is 393 g/mol. The van der Waals surface area contributed by atoms with Gasteiger partial charge in [-0.1, -0.05) is 6.07 Å². The van der Waals surface area contributed by atoms with E-state index in [9.17, 15) is 14.7 Å². The Morgan fingerprint density at radius 3 is 2.55 bits per heavy atom. The van der Waals surface area contributed by atoms with Crippen molar-refractivity contribution in [2.24, 2.45) is 11.5 Å². The lowest BCUT2D eigenvalue weighted by Crippen LogP contribution is -2.38. The highest BCUT2D eigenvalue weighted by Gasteiger charge is 2.17. The number of aliphatic hydroxyl groups is 1. The normalized spacial score (nSPS) is 11.5. The zero-order valence-electron chi connectivity index (χ0n) is 15.2. The van der Waals surface area contributed by atoms with Gasteiger partial charge in [0.2, 0.25) is 5.91 Å². The molecule has 10 heteroatoms. The first-order valence-corrected chi connectivity index (χ1v) is 8.59. The van der Waals surface area contributed by atoms with E-state index in [1.54, 1.807) is 24.5 Å². The van der Waals surface area contributed by atoms with Crippen LogP contribution in [0.25, 0.3) is 11.3 Å². The molecule has 0 unspecified atom stereocenters. The predicted octanol–water partition coefficient (Wildman–Crippen LogP) is 0.639. The van der Waals surface area contributed by atoms with E-state index in [2.05, 4.69) is 25.6 Å². The number of nitrogens with two attached hydrogens (primary N) is 2. The number of amides is 2. The first-order valence-electron chi connectivity index (χ1n) is 8.59. The number of carbonyl (C=O) groups is 2. The molecule has 0 aliphatic rings. The summed E-state index contributed by atoms with van der Waals surface area (Å²) in [5.74, 6) is -1.01. The molecule has 0 bridgehead atoms. The van der Waals surface area contributed by atoms with Crippen LogP contribution in [-0.4, -0.2) is 44.5 Å². The van der Waals surface area contributed by atoms with Crippen molar-refractivity contribution in [3.63, 3.8) is 0 Å². The Balaban J connectivity index is 1.92. The Bertz CT molecular complexity index is 1030. The standard InChI is InChI=1S/C19H19N7O3/c20-18(28)15(10-27)24-12-8-14(17(19(21)29)23-9-12)26-16-3-1-2-13(25-16)11-4-6-22-7-5-11/h1-9,15,24,27H,10H2,(H2,20,28)(H2,21,29)(H,25,26)/t15-/m1/s1. The largest absolute Gasteiger partial charge is 0.394 e. The zero-order chi connectivity index (χ0) is 20.8. The zero-order valence-corrected chi connectivity index (χ0v) is 15.2. The Labute approximate surface area is 166 Å². The molecule has 3 aromatic rings. The van der Waals surface area contributed by atoms with Crippen molar-refractivity contribution < 1.29 is 14.7 Å². The fraction of sp³-hybridized carbons (Fsp3) is 0.105. The van der Waals surface area contributed by atoms with Crippen LogP contribution in [0.2, 0.25) is 0 Å². The second-order valence-corrected chi connectivity index (χ2v) is 6.04. The molecule has 0 aliphatic heterocycles. The first-order chi connectivity index (χ1) is 14.0. The number of pyridine rings is 3. The molecule has 3 rings (SSSR count). The number of rotatable bonds is 8. The van der Waals surface area contributed by atoms with Crippen molar-refractivity contribution in [3.8, 4) is 11.3 Å². The van der Waals surface area contributed by atoms with Crippen molar-refractivity contribution in [2.45, 2.75) is 6.04 Å². The summed E-state index contributed by atoms with van der Waals surface area (Å²) in [5.41, 5.74) is 12.8. The van der Waals surface area contributed by atoms with Crippen LogP contribution in [0.15, 0.2) is 55.0 Å². The molecule has 0 aliphatic carbocycles. The average molecular weight is 393 g/mol. The summed E-state index contributed by atoms with van der Waals surface area (Å²) in [6.07, 6.45) is 4.65. The minimum Gasteiger partial charge on any atom is -0.394 e. The molecule has 10 nitrogen and oxygen atoms in total. The Hall–Kier alpha value is -4.05. The van der Waals surface area contributed by atoms with Gasteiger partial charge in [0.1, 0.15) is 11.9 Å². The molecule has 3 heterocycles. The Morgan fingerprint density at radius 1 is 1.14 bits per heavy atom. The maximum atomic E-state index is 11.8. The molecule has 0 spiro atoms. The molecule has 0 aromatic carbocycles. The van der Waals surface area contributed by atoms with Crippen molar-refractivity contribution in [3.05, 3.63) is 60.7 Å². The number of aromatic nitrogens is 3. The number of nitrogens with one attached hydrogen (secondary N) is 2. The number of nitrogens with zero attached hydrogens (tertiary/aromatic N) is 3. The van der Waals surface area contributed by atoms with Crippen LogP contribution in [0.3, 0.4) is 0 Å². The van der Waals surface area contributed by atoms with E-state index in [1.165, 1.54) is 12.3 Å². The highest BCUT2D eigenvalue weighted by Crippen LogP contribution is 2.24. The van der Waals surface area contributed by atoms with Gasteiger partial charge >= 0.3 is 0 Å². The molecule has 29 heavy (non-hydrogen) atoms. The lowest BCUT2D eigenvalue weighted by Gasteiger charge is -2.16. The quantitative estimate of drug-likeness (QED) is 0.371. The van der Waals surface area contributed by atoms with Crippen LogP contribution in [0.4, 0.5) is 17.2 Å². The van der Waals surface area contributed by atoms with Crippen LogP contribution in [0.5, 0.6) is 0 Å². The van der Waals surface area contributed by atoms with Gasteiger partial charge in [-0.3, -0.25) is 14.6 Å². The van der Waals surface area contributed by atoms with Crippen LogP contribution in [0.1, 0.15) is 10.5 Å². The van der Waals surface area contributed by atoms with Crippen molar-refractivity contribution in [2.75, 3.05) is 17.2 Å². The maximum Gasteiger partial charge on any atom is 0.269 e. The van der Waals surface area contributed by atoms with Crippen LogP contribution < -0.4 is 22.1 Å². The number of anilines is 3. The average Bonchev–Trinajstić information content (AvgIpc) is 2.72. The fourth-order valence-electron chi connectivity index (χ4n) is 2.57. The molecule has 3 aromatic heterocycles. The molecule has 0 saturated heterocycles. The smallest absolute Gasteiger partial charge is 0.269 e. The number of aliphatic hydroxyl groups excluding tert-OH is 1. The topological polar surface area (TPSA) is 169 Å². The number of hydrogen-bond acceptors (Lipinski definition) is 8. The third-order valence-corrected chi connectivity index (χ3v) is 3.98. The van der Waals surface area contributed by atoms with Crippen LogP contribution in [0, 0.1) is 0 Å². The summed E-state index contributed by atoms with van der Waals surface area (Å²) in [4.78, 5) is 35.6. The van der Waals surface area contributed by atoms with Crippen molar-refractivity contribution in [1.82, 2.24) is 15.0 Å². The summed E-state index contributed by atoms with van der Waals surface area (Å²) in [6.45, 7) is -0.495. The third-order valence-electron chi connectivity index (χ3n) is 3.98. The predicted molar refractivity (Wildman–Crippen MR) is 107 cm³/mol. The molecule has 2 amide bonds. The Kier molecular flexibility index (Phi) is 5.95. The van der Waals surface area contributed by atoms with Gasteiger partial charge in [0.25, 0.3) is 5.91 Å². The minimum absolute atomic E-state index is 0.00807.